The Labute approximate surface area is 227 Å². The van der Waals surface area contributed by atoms with Crippen LogP contribution >= 0.6 is 11.3 Å². The number of nitrogens with zero attached hydrogens (tertiary/aromatic N) is 5. The zero-order valence-electron chi connectivity index (χ0n) is 20.6. The number of ether oxygens (including phenoxy) is 1. The van der Waals surface area contributed by atoms with Crippen molar-refractivity contribution in [1.29, 1.82) is 5.26 Å². The molecule has 0 unspecified atom stereocenters. The van der Waals surface area contributed by atoms with Gasteiger partial charge in [-0.1, -0.05) is 18.2 Å². The van der Waals surface area contributed by atoms with E-state index >= 15 is 0 Å². The number of amides is 3. The number of hydrogen-bond donors (Lipinski definition) is 1. The number of aryl methyl sites for hydroxylation is 1. The number of primary amides is 1. The third-order valence-corrected chi connectivity index (χ3v) is 7.40. The average molecular weight is 533 g/mol. The summed E-state index contributed by atoms with van der Waals surface area (Å²) >= 11 is 1.14. The summed E-state index contributed by atoms with van der Waals surface area (Å²) in [5, 5.41) is 9.96. The van der Waals surface area contributed by atoms with Gasteiger partial charge < -0.3 is 10.5 Å². The third kappa shape index (κ3) is 4.07. The van der Waals surface area contributed by atoms with E-state index < -0.39 is 11.9 Å². The summed E-state index contributed by atoms with van der Waals surface area (Å²) in [5.74, 6) is 0.678. The first-order chi connectivity index (χ1) is 19.0. The molecular weight excluding hydrogens is 512 g/mol. The number of anilines is 3. The second-order valence-corrected chi connectivity index (χ2v) is 9.73. The summed E-state index contributed by atoms with van der Waals surface area (Å²) in [6.07, 6.45) is 11.7. The van der Waals surface area contributed by atoms with Crippen LogP contribution in [0.5, 0.6) is 11.5 Å². The lowest BCUT2D eigenvalue weighted by atomic mass is 10.1. The molecule has 9 nitrogen and oxygen atoms in total. The van der Waals surface area contributed by atoms with Crippen LogP contribution in [-0.4, -0.2) is 21.8 Å². The summed E-state index contributed by atoms with van der Waals surface area (Å²) in [6.45, 7) is 1.90. The molecule has 2 aromatic heterocycles. The molecule has 2 N–H and O–H groups in total. The summed E-state index contributed by atoms with van der Waals surface area (Å²) < 4.78 is 5.99. The normalized spacial score (nSPS) is 14.3. The van der Waals surface area contributed by atoms with E-state index in [1.807, 2.05) is 61.6 Å². The molecule has 4 heterocycles. The van der Waals surface area contributed by atoms with Crippen LogP contribution in [0, 0.1) is 18.4 Å². The zero-order chi connectivity index (χ0) is 27.1. The highest BCUT2D eigenvalue weighted by Gasteiger charge is 2.39. The molecule has 2 aromatic carbocycles. The lowest BCUT2D eigenvalue weighted by Gasteiger charge is -2.36. The quantitative estimate of drug-likeness (QED) is 0.302. The molecule has 0 aliphatic carbocycles. The molecule has 39 heavy (non-hydrogen) atoms. The topological polar surface area (TPSA) is 116 Å². The Kier molecular flexibility index (Phi) is 5.83. The van der Waals surface area contributed by atoms with E-state index in [9.17, 15) is 14.9 Å². The minimum absolute atomic E-state index is 0.223. The maximum atomic E-state index is 14.4. The number of thiophene rings is 1. The van der Waals surface area contributed by atoms with E-state index in [1.54, 1.807) is 47.8 Å². The van der Waals surface area contributed by atoms with Crippen LogP contribution in [-0.2, 0) is 0 Å². The van der Waals surface area contributed by atoms with Gasteiger partial charge in [-0.2, -0.15) is 5.26 Å². The molecule has 0 atom stereocenters. The predicted octanol–water partition coefficient (Wildman–Crippen LogP) is 6.28. The maximum Gasteiger partial charge on any atom is 0.338 e. The van der Waals surface area contributed by atoms with E-state index in [2.05, 4.69) is 4.98 Å². The molecule has 0 saturated heterocycles. The van der Waals surface area contributed by atoms with Crippen molar-refractivity contribution in [2.45, 2.75) is 6.92 Å². The number of aromatic nitrogens is 1. The van der Waals surface area contributed by atoms with Crippen LogP contribution in [0.1, 0.15) is 15.2 Å². The van der Waals surface area contributed by atoms with Gasteiger partial charge >= 0.3 is 6.03 Å². The molecular formula is C29H20N6O3S. The predicted molar refractivity (Wildman–Crippen MR) is 150 cm³/mol. The molecule has 2 aliphatic heterocycles. The van der Waals surface area contributed by atoms with E-state index in [-0.39, 0.29) is 4.88 Å². The van der Waals surface area contributed by atoms with Crippen LogP contribution in [0.3, 0.4) is 0 Å². The highest BCUT2D eigenvalue weighted by atomic mass is 32.1. The van der Waals surface area contributed by atoms with E-state index in [0.717, 1.165) is 16.9 Å². The Morgan fingerprint density at radius 1 is 1.05 bits per heavy atom. The van der Waals surface area contributed by atoms with Crippen LogP contribution in [0.4, 0.5) is 21.9 Å². The number of carbonyl (C=O) groups excluding carboxylic acids is 2. The molecule has 4 aromatic rings. The van der Waals surface area contributed by atoms with Crippen molar-refractivity contribution in [2.24, 2.45) is 5.73 Å². The van der Waals surface area contributed by atoms with Gasteiger partial charge in [-0.25, -0.2) is 9.78 Å². The maximum absolute atomic E-state index is 14.4. The number of nitriles is 1. The van der Waals surface area contributed by atoms with Gasteiger partial charge in [0.1, 0.15) is 21.2 Å². The first-order valence-corrected chi connectivity index (χ1v) is 12.7. The minimum Gasteiger partial charge on any atom is -0.457 e. The fourth-order valence-electron chi connectivity index (χ4n) is 4.61. The number of benzene rings is 2. The standard InChI is InChI=1S/C29H20N6O3S/c1-18-16-21(38-20-7-3-2-4-8-20)9-10-22(18)35-23-11-13-32-28-24(23)25(26(39-28)27(31)36)34(29(35)37)19-6-5-14-33(17-30)15-12-19/h2-16H,1H3,(H2,31,36). The Morgan fingerprint density at radius 3 is 2.62 bits per heavy atom. The summed E-state index contributed by atoms with van der Waals surface area (Å²) in [5.41, 5.74) is 8.63. The number of allylic oxidation sites excluding steroid dienone is 3. The second-order valence-electron chi connectivity index (χ2n) is 8.73. The third-order valence-electron chi connectivity index (χ3n) is 6.30. The molecule has 2 aliphatic rings. The molecule has 3 amide bonds. The van der Waals surface area contributed by atoms with Crippen molar-refractivity contribution in [3.8, 4) is 17.7 Å². The minimum atomic E-state index is -0.656. The molecule has 190 valence electrons. The largest absolute Gasteiger partial charge is 0.457 e. The molecule has 0 saturated carbocycles. The average Bonchev–Trinajstić information content (AvgIpc) is 3.16. The van der Waals surface area contributed by atoms with Gasteiger partial charge in [0.05, 0.1) is 28.1 Å². The molecule has 0 bridgehead atoms. The number of pyridine rings is 1. The first kappa shape index (κ1) is 24.0. The summed E-state index contributed by atoms with van der Waals surface area (Å²) in [4.78, 5) is 36.5. The van der Waals surface area contributed by atoms with Gasteiger partial charge in [0, 0.05) is 18.6 Å². The Morgan fingerprint density at radius 2 is 1.87 bits per heavy atom. The van der Waals surface area contributed by atoms with Crippen molar-refractivity contribution >= 4 is 50.6 Å². The fraction of sp³-hybridized carbons (Fsp3) is 0.0345. The molecule has 10 heteroatoms. The zero-order valence-corrected chi connectivity index (χ0v) is 21.4. The number of rotatable bonds is 5. The SMILES string of the molecule is Cc1cc(Oc2ccccc2)ccc1N1C(=O)N(C2=CC=CN(C#N)C=C2)c2c(C(N)=O)sc3nccc1c23. The first-order valence-electron chi connectivity index (χ1n) is 11.9. The summed E-state index contributed by atoms with van der Waals surface area (Å²) in [7, 11) is 0. The molecule has 0 radical (unpaired) electrons. The molecule has 6 rings (SSSR count). The van der Waals surface area contributed by atoms with Crippen LogP contribution in [0.25, 0.3) is 10.2 Å². The highest BCUT2D eigenvalue weighted by Crippen LogP contribution is 2.50. The second kappa shape index (κ2) is 9.48. The highest BCUT2D eigenvalue weighted by molar-refractivity contribution is 7.21. The fourth-order valence-corrected chi connectivity index (χ4v) is 5.61. The van der Waals surface area contributed by atoms with Crippen molar-refractivity contribution in [2.75, 3.05) is 9.80 Å². The lowest BCUT2D eigenvalue weighted by molar-refractivity contribution is 0.100. The van der Waals surface area contributed by atoms with Crippen molar-refractivity contribution in [1.82, 2.24) is 9.88 Å². The van der Waals surface area contributed by atoms with Gasteiger partial charge in [-0.3, -0.25) is 19.5 Å². The van der Waals surface area contributed by atoms with E-state index in [1.165, 1.54) is 9.80 Å². The monoisotopic (exact) mass is 532 g/mol. The number of carbonyl (C=O) groups is 2. The Hall–Kier alpha value is -5.40. The van der Waals surface area contributed by atoms with Gasteiger partial charge in [0.25, 0.3) is 5.91 Å². The van der Waals surface area contributed by atoms with Crippen LogP contribution in [0.15, 0.2) is 97.1 Å². The van der Waals surface area contributed by atoms with Gasteiger partial charge in [-0.15, -0.1) is 11.3 Å². The van der Waals surface area contributed by atoms with Crippen LogP contribution in [0.2, 0.25) is 0 Å². The number of hydrogen-bond acceptors (Lipinski definition) is 7. The molecule has 0 spiro atoms. The number of nitrogens with two attached hydrogens (primary N) is 1. The van der Waals surface area contributed by atoms with Gasteiger partial charge in [0.15, 0.2) is 6.19 Å². The summed E-state index contributed by atoms with van der Waals surface area (Å²) in [6, 6.07) is 16.3. The van der Waals surface area contributed by atoms with E-state index in [0.29, 0.717) is 44.5 Å². The number of urea groups is 1. The smallest absolute Gasteiger partial charge is 0.338 e. The van der Waals surface area contributed by atoms with Crippen molar-refractivity contribution in [3.63, 3.8) is 0 Å². The lowest BCUT2D eigenvalue weighted by Crippen LogP contribution is -2.43. The van der Waals surface area contributed by atoms with Gasteiger partial charge in [-0.05, 0) is 67.1 Å². The molecule has 0 fully saturated rings. The van der Waals surface area contributed by atoms with Crippen molar-refractivity contribution in [3.05, 3.63) is 108 Å². The van der Waals surface area contributed by atoms with Crippen molar-refractivity contribution < 1.29 is 14.3 Å². The van der Waals surface area contributed by atoms with Crippen LogP contribution < -0.4 is 20.3 Å². The Balaban J connectivity index is 1.52. The number of para-hydroxylation sites is 1. The van der Waals surface area contributed by atoms with E-state index in [4.69, 9.17) is 10.5 Å². The van der Waals surface area contributed by atoms with Gasteiger partial charge in [0.2, 0.25) is 0 Å². The Bertz CT molecular complexity index is 1780.